The highest BCUT2D eigenvalue weighted by atomic mass is 35.5. The van der Waals surface area contributed by atoms with Crippen LogP contribution in [0.4, 0.5) is 0 Å². The molecule has 0 amide bonds. The maximum atomic E-state index is 6.30. The second-order valence-electron chi connectivity index (χ2n) is 4.75. The number of nitrogens with zero attached hydrogens (tertiary/aromatic N) is 3. The van der Waals surface area contributed by atoms with Gasteiger partial charge in [-0.15, -0.1) is 11.6 Å². The lowest BCUT2D eigenvalue weighted by atomic mass is 10.2. The van der Waals surface area contributed by atoms with Gasteiger partial charge in [-0.05, 0) is 33.2 Å². The Balaban J connectivity index is 2.59. The van der Waals surface area contributed by atoms with E-state index in [4.69, 9.17) is 23.2 Å². The summed E-state index contributed by atoms with van der Waals surface area (Å²) >= 11 is 12.3. The first-order chi connectivity index (χ1) is 8.54. The molecule has 1 atom stereocenters. The Morgan fingerprint density at radius 3 is 2.72 bits per heavy atom. The minimum Gasteiger partial charge on any atom is -0.322 e. The van der Waals surface area contributed by atoms with Crippen LogP contribution >= 0.6 is 23.2 Å². The maximum Gasteiger partial charge on any atom is 0.125 e. The number of benzene rings is 1. The number of hydrogen-bond donors (Lipinski definition) is 0. The third-order valence-corrected chi connectivity index (χ3v) is 3.47. The highest BCUT2D eigenvalue weighted by molar-refractivity contribution is 6.35. The van der Waals surface area contributed by atoms with Gasteiger partial charge >= 0.3 is 0 Å². The minimum atomic E-state index is 0.277. The zero-order valence-corrected chi connectivity index (χ0v) is 12.3. The highest BCUT2D eigenvalue weighted by Crippen LogP contribution is 2.28. The highest BCUT2D eigenvalue weighted by Gasteiger charge is 2.17. The molecule has 5 heteroatoms. The van der Waals surface area contributed by atoms with Crippen LogP contribution in [-0.4, -0.2) is 35.1 Å². The molecule has 1 heterocycles. The molecule has 2 rings (SSSR count). The molecule has 1 unspecified atom stereocenters. The first-order valence-corrected chi connectivity index (χ1v) is 6.82. The van der Waals surface area contributed by atoms with E-state index in [0.29, 0.717) is 5.88 Å². The number of likely N-dealkylation sites (N-methyl/N-ethyl adjacent to an activating group) is 1. The van der Waals surface area contributed by atoms with Crippen LogP contribution in [0.25, 0.3) is 11.0 Å². The summed E-state index contributed by atoms with van der Waals surface area (Å²) in [4.78, 5) is 6.69. The van der Waals surface area contributed by atoms with Crippen molar-refractivity contribution in [1.29, 1.82) is 0 Å². The zero-order valence-electron chi connectivity index (χ0n) is 10.8. The van der Waals surface area contributed by atoms with Crippen LogP contribution in [-0.2, 0) is 5.88 Å². The molecule has 0 bridgehead atoms. The summed E-state index contributed by atoms with van der Waals surface area (Å²) in [5.74, 6) is 1.26. The van der Waals surface area contributed by atoms with E-state index in [-0.39, 0.29) is 6.04 Å². The normalized spacial score (nSPS) is 13.4. The summed E-state index contributed by atoms with van der Waals surface area (Å²) in [7, 11) is 4.11. The lowest BCUT2D eigenvalue weighted by Gasteiger charge is -2.21. The van der Waals surface area contributed by atoms with E-state index in [0.717, 1.165) is 28.4 Å². The number of alkyl halides is 1. The summed E-state index contributed by atoms with van der Waals surface area (Å²) in [5, 5.41) is 0.724. The van der Waals surface area contributed by atoms with Crippen molar-refractivity contribution in [2.45, 2.75) is 18.8 Å². The number of imidazole rings is 1. The maximum absolute atomic E-state index is 6.30. The van der Waals surface area contributed by atoms with Gasteiger partial charge in [-0.25, -0.2) is 4.98 Å². The van der Waals surface area contributed by atoms with E-state index in [2.05, 4.69) is 35.5 Å². The molecule has 1 aromatic heterocycles. The molecule has 0 spiro atoms. The van der Waals surface area contributed by atoms with E-state index in [1.54, 1.807) is 0 Å². The second-order valence-corrected chi connectivity index (χ2v) is 5.42. The van der Waals surface area contributed by atoms with E-state index >= 15 is 0 Å². The van der Waals surface area contributed by atoms with Gasteiger partial charge in [-0.3, -0.25) is 0 Å². The fourth-order valence-corrected chi connectivity index (χ4v) is 2.78. The molecule has 0 saturated carbocycles. The van der Waals surface area contributed by atoms with Gasteiger partial charge in [0.1, 0.15) is 5.82 Å². The van der Waals surface area contributed by atoms with Crippen LogP contribution in [0, 0.1) is 0 Å². The summed E-state index contributed by atoms with van der Waals surface area (Å²) in [6.07, 6.45) is 0. The van der Waals surface area contributed by atoms with Crippen molar-refractivity contribution < 1.29 is 0 Å². The van der Waals surface area contributed by atoms with E-state index in [1.807, 2.05) is 18.2 Å². The van der Waals surface area contributed by atoms with Gasteiger partial charge in [0.15, 0.2) is 0 Å². The Labute approximate surface area is 117 Å². The van der Waals surface area contributed by atoms with Gasteiger partial charge in [0.2, 0.25) is 0 Å². The van der Waals surface area contributed by atoms with Crippen molar-refractivity contribution in [2.24, 2.45) is 0 Å². The Morgan fingerprint density at radius 2 is 2.11 bits per heavy atom. The molecule has 0 aliphatic heterocycles. The third kappa shape index (κ3) is 2.48. The van der Waals surface area contributed by atoms with Crippen molar-refractivity contribution in [2.75, 3.05) is 20.6 Å². The average molecular weight is 286 g/mol. The lowest BCUT2D eigenvalue weighted by molar-refractivity contribution is 0.337. The quantitative estimate of drug-likeness (QED) is 0.801. The number of aromatic nitrogens is 2. The van der Waals surface area contributed by atoms with Crippen LogP contribution in [0.1, 0.15) is 18.8 Å². The Hall–Kier alpha value is -0.770. The van der Waals surface area contributed by atoms with Crippen molar-refractivity contribution in [3.8, 4) is 0 Å². The predicted octanol–water partition coefficient (Wildman–Crippen LogP) is 3.55. The number of para-hydroxylation sites is 1. The largest absolute Gasteiger partial charge is 0.322 e. The molecule has 0 saturated heterocycles. The van der Waals surface area contributed by atoms with Crippen LogP contribution in [0.3, 0.4) is 0 Å². The van der Waals surface area contributed by atoms with Crippen LogP contribution in [0.2, 0.25) is 5.02 Å². The third-order valence-electron chi connectivity index (χ3n) is 2.92. The molecule has 0 aliphatic carbocycles. The molecule has 0 aliphatic rings. The zero-order chi connectivity index (χ0) is 13.3. The number of rotatable bonds is 4. The van der Waals surface area contributed by atoms with Crippen molar-refractivity contribution in [3.63, 3.8) is 0 Å². The molecule has 1 aromatic carbocycles. The van der Waals surface area contributed by atoms with Gasteiger partial charge in [0.25, 0.3) is 0 Å². The van der Waals surface area contributed by atoms with E-state index in [9.17, 15) is 0 Å². The Bertz CT molecular complexity index is 548. The Kier molecular flexibility index (Phi) is 4.15. The molecular weight excluding hydrogens is 269 g/mol. The molecule has 0 fully saturated rings. The molecule has 98 valence electrons. The number of halogens is 2. The van der Waals surface area contributed by atoms with E-state index in [1.165, 1.54) is 0 Å². The first kappa shape index (κ1) is 13.7. The summed E-state index contributed by atoms with van der Waals surface area (Å²) in [5.41, 5.74) is 1.88. The fraction of sp³-hybridized carbons (Fsp3) is 0.462. The molecule has 2 aromatic rings. The lowest BCUT2D eigenvalue weighted by Crippen LogP contribution is -2.23. The van der Waals surface area contributed by atoms with Gasteiger partial charge in [0, 0.05) is 12.6 Å². The topological polar surface area (TPSA) is 21.1 Å². The molecule has 0 radical (unpaired) electrons. The predicted molar refractivity (Wildman–Crippen MR) is 77.6 cm³/mol. The van der Waals surface area contributed by atoms with Gasteiger partial charge in [0.05, 0.1) is 21.9 Å². The van der Waals surface area contributed by atoms with E-state index < -0.39 is 0 Å². The summed E-state index contributed by atoms with van der Waals surface area (Å²) in [6.45, 7) is 3.07. The summed E-state index contributed by atoms with van der Waals surface area (Å²) in [6, 6.07) is 6.05. The second kappa shape index (κ2) is 5.47. The first-order valence-electron chi connectivity index (χ1n) is 5.90. The molecule has 3 nitrogen and oxygen atoms in total. The van der Waals surface area contributed by atoms with Crippen molar-refractivity contribution >= 4 is 34.2 Å². The summed E-state index contributed by atoms with van der Waals surface area (Å²) < 4.78 is 2.14. The fourth-order valence-electron chi connectivity index (χ4n) is 2.33. The van der Waals surface area contributed by atoms with Crippen molar-refractivity contribution in [3.05, 3.63) is 29.0 Å². The number of hydrogen-bond acceptors (Lipinski definition) is 2. The standard InChI is InChI=1S/C13H17Cl2N3/c1-9(8-17(2)3)18-12(7-14)16-11-6-4-5-10(15)13(11)18/h4-6,9H,7-8H2,1-3H3. The average Bonchev–Trinajstić information content (AvgIpc) is 2.68. The van der Waals surface area contributed by atoms with Gasteiger partial charge in [-0.1, -0.05) is 17.7 Å². The molecule has 0 N–H and O–H groups in total. The molecular formula is C13H17Cl2N3. The SMILES string of the molecule is CC(CN(C)C)n1c(CCl)nc2cccc(Cl)c21. The monoisotopic (exact) mass is 285 g/mol. The Morgan fingerprint density at radius 1 is 1.39 bits per heavy atom. The van der Waals surface area contributed by atoms with Gasteiger partial charge in [-0.2, -0.15) is 0 Å². The number of fused-ring (bicyclic) bond motifs is 1. The van der Waals surface area contributed by atoms with Crippen LogP contribution < -0.4 is 0 Å². The van der Waals surface area contributed by atoms with Crippen molar-refractivity contribution in [1.82, 2.24) is 14.5 Å². The van der Waals surface area contributed by atoms with Gasteiger partial charge < -0.3 is 9.47 Å². The minimum absolute atomic E-state index is 0.277. The molecule has 18 heavy (non-hydrogen) atoms. The van der Waals surface area contributed by atoms with Crippen LogP contribution in [0.15, 0.2) is 18.2 Å². The van der Waals surface area contributed by atoms with Crippen LogP contribution in [0.5, 0.6) is 0 Å². The smallest absolute Gasteiger partial charge is 0.125 e.